The van der Waals surface area contributed by atoms with Gasteiger partial charge in [-0.25, -0.2) is 0 Å². The molecule has 4 nitrogen and oxygen atoms in total. The van der Waals surface area contributed by atoms with Crippen molar-refractivity contribution in [1.82, 2.24) is 4.98 Å². The fraction of sp³-hybridized carbons (Fsp3) is 0.261. The number of benzene rings is 2. The molecule has 3 rings (SSSR count). The van der Waals surface area contributed by atoms with Crippen LogP contribution in [0.15, 0.2) is 54.9 Å². The Morgan fingerprint density at radius 1 is 1.15 bits per heavy atom. The van der Waals surface area contributed by atoms with E-state index in [9.17, 15) is 4.79 Å². The van der Waals surface area contributed by atoms with Crippen LogP contribution in [-0.2, 0) is 9.53 Å². The predicted molar refractivity (Wildman–Crippen MR) is 108 cm³/mol. The molecule has 2 aromatic carbocycles. The van der Waals surface area contributed by atoms with Gasteiger partial charge < -0.3 is 4.74 Å². The Labute approximate surface area is 160 Å². The summed E-state index contributed by atoms with van der Waals surface area (Å²) in [6.07, 6.45) is 4.01. The SMILES string of the molecule is CC.COC(=O)CC(C)c1ccc2cncc(-c3ccc(C#N)cc3)c2c1. The fourth-order valence-corrected chi connectivity index (χ4v) is 2.89. The molecular formula is C23H24N2O2. The lowest BCUT2D eigenvalue weighted by molar-refractivity contribution is -0.140. The van der Waals surface area contributed by atoms with Crippen molar-refractivity contribution in [3.63, 3.8) is 0 Å². The van der Waals surface area contributed by atoms with E-state index in [1.54, 1.807) is 12.1 Å². The molecule has 0 aliphatic rings. The molecule has 138 valence electrons. The van der Waals surface area contributed by atoms with Crippen LogP contribution in [0, 0.1) is 11.3 Å². The van der Waals surface area contributed by atoms with Crippen LogP contribution in [0.25, 0.3) is 21.9 Å². The monoisotopic (exact) mass is 360 g/mol. The molecule has 1 aromatic heterocycles. The number of hydrogen-bond acceptors (Lipinski definition) is 4. The molecule has 0 amide bonds. The van der Waals surface area contributed by atoms with Crippen molar-refractivity contribution in [3.05, 3.63) is 66.0 Å². The second-order valence-corrected chi connectivity index (χ2v) is 6.04. The summed E-state index contributed by atoms with van der Waals surface area (Å²) in [5, 5.41) is 11.1. The number of hydrogen-bond donors (Lipinski definition) is 0. The van der Waals surface area contributed by atoms with Gasteiger partial charge in [0.2, 0.25) is 0 Å². The van der Waals surface area contributed by atoms with Gasteiger partial charge in [-0.2, -0.15) is 5.26 Å². The third-order valence-corrected chi connectivity index (χ3v) is 4.38. The quantitative estimate of drug-likeness (QED) is 0.579. The molecule has 1 atom stereocenters. The van der Waals surface area contributed by atoms with E-state index in [1.165, 1.54) is 7.11 Å². The van der Waals surface area contributed by atoms with E-state index in [-0.39, 0.29) is 11.9 Å². The number of pyridine rings is 1. The summed E-state index contributed by atoms with van der Waals surface area (Å²) < 4.78 is 4.77. The van der Waals surface area contributed by atoms with Crippen LogP contribution < -0.4 is 0 Å². The third kappa shape index (κ3) is 4.71. The van der Waals surface area contributed by atoms with E-state index in [4.69, 9.17) is 10.00 Å². The van der Waals surface area contributed by atoms with Crippen molar-refractivity contribution in [2.24, 2.45) is 0 Å². The molecule has 0 aliphatic heterocycles. The summed E-state index contributed by atoms with van der Waals surface area (Å²) in [5.41, 5.74) is 3.73. The summed E-state index contributed by atoms with van der Waals surface area (Å²) in [7, 11) is 1.41. The molecule has 0 spiro atoms. The lowest BCUT2D eigenvalue weighted by Gasteiger charge is -2.13. The minimum absolute atomic E-state index is 0.0684. The average molecular weight is 360 g/mol. The van der Waals surface area contributed by atoms with Gasteiger partial charge in [0, 0.05) is 23.3 Å². The topological polar surface area (TPSA) is 63.0 Å². The van der Waals surface area contributed by atoms with Crippen LogP contribution in [0.4, 0.5) is 0 Å². The summed E-state index contributed by atoms with van der Waals surface area (Å²) in [5.74, 6) is -0.145. The zero-order valence-electron chi connectivity index (χ0n) is 16.2. The van der Waals surface area contributed by atoms with Gasteiger partial charge in [0.1, 0.15) is 0 Å². The summed E-state index contributed by atoms with van der Waals surface area (Å²) >= 11 is 0. The summed E-state index contributed by atoms with van der Waals surface area (Å²) in [6.45, 7) is 6.01. The van der Waals surface area contributed by atoms with Crippen molar-refractivity contribution in [3.8, 4) is 17.2 Å². The number of methoxy groups -OCH3 is 1. The lowest BCUT2D eigenvalue weighted by atomic mass is 9.93. The van der Waals surface area contributed by atoms with Gasteiger partial charge in [-0.15, -0.1) is 0 Å². The number of rotatable bonds is 4. The Kier molecular flexibility index (Phi) is 7.08. The molecule has 0 aliphatic carbocycles. The Morgan fingerprint density at radius 3 is 2.48 bits per heavy atom. The molecule has 27 heavy (non-hydrogen) atoms. The molecule has 0 saturated heterocycles. The van der Waals surface area contributed by atoms with Crippen LogP contribution in [0.3, 0.4) is 0 Å². The third-order valence-electron chi connectivity index (χ3n) is 4.38. The minimum atomic E-state index is -0.213. The largest absolute Gasteiger partial charge is 0.469 e. The van der Waals surface area contributed by atoms with Crippen LogP contribution in [0.2, 0.25) is 0 Å². The Balaban J connectivity index is 0.00000126. The van der Waals surface area contributed by atoms with Gasteiger partial charge in [-0.05, 0) is 34.6 Å². The number of nitriles is 1. The minimum Gasteiger partial charge on any atom is -0.469 e. The maximum atomic E-state index is 11.5. The zero-order chi connectivity index (χ0) is 19.8. The Hall–Kier alpha value is -3.19. The molecule has 0 saturated carbocycles. The zero-order valence-corrected chi connectivity index (χ0v) is 16.2. The highest BCUT2D eigenvalue weighted by Gasteiger charge is 2.13. The second kappa shape index (κ2) is 9.49. The van der Waals surface area contributed by atoms with E-state index in [0.29, 0.717) is 12.0 Å². The maximum Gasteiger partial charge on any atom is 0.306 e. The molecule has 0 N–H and O–H groups in total. The first-order valence-corrected chi connectivity index (χ1v) is 9.07. The molecule has 3 aromatic rings. The van der Waals surface area contributed by atoms with Crippen molar-refractivity contribution in [2.75, 3.05) is 7.11 Å². The number of esters is 1. The molecule has 1 heterocycles. The van der Waals surface area contributed by atoms with Crippen LogP contribution in [0.5, 0.6) is 0 Å². The summed E-state index contributed by atoms with van der Waals surface area (Å²) in [6, 6.07) is 15.8. The number of ether oxygens (including phenoxy) is 1. The van der Waals surface area contributed by atoms with Crippen molar-refractivity contribution in [2.45, 2.75) is 33.1 Å². The molecule has 1 unspecified atom stereocenters. The summed E-state index contributed by atoms with van der Waals surface area (Å²) in [4.78, 5) is 15.9. The number of nitrogens with zero attached hydrogens (tertiary/aromatic N) is 2. The van der Waals surface area contributed by atoms with Crippen LogP contribution in [0.1, 0.15) is 44.2 Å². The first kappa shape index (κ1) is 20.1. The van der Waals surface area contributed by atoms with Crippen molar-refractivity contribution in [1.29, 1.82) is 5.26 Å². The van der Waals surface area contributed by atoms with Gasteiger partial charge in [-0.3, -0.25) is 9.78 Å². The van der Waals surface area contributed by atoms with Gasteiger partial charge in [0.25, 0.3) is 0 Å². The second-order valence-electron chi connectivity index (χ2n) is 6.04. The first-order chi connectivity index (χ1) is 13.1. The molecule has 0 fully saturated rings. The molecular weight excluding hydrogens is 336 g/mol. The highest BCUT2D eigenvalue weighted by Crippen LogP contribution is 2.31. The Bertz CT molecular complexity index is 956. The number of fused-ring (bicyclic) bond motifs is 1. The van der Waals surface area contributed by atoms with E-state index in [0.717, 1.165) is 27.5 Å². The van der Waals surface area contributed by atoms with Crippen molar-refractivity contribution >= 4 is 16.7 Å². The molecule has 4 heteroatoms. The van der Waals surface area contributed by atoms with E-state index >= 15 is 0 Å². The van der Waals surface area contributed by atoms with Crippen LogP contribution in [-0.4, -0.2) is 18.1 Å². The lowest BCUT2D eigenvalue weighted by Crippen LogP contribution is -2.06. The van der Waals surface area contributed by atoms with E-state index in [1.807, 2.05) is 57.4 Å². The fourth-order valence-electron chi connectivity index (χ4n) is 2.89. The molecule has 0 bridgehead atoms. The maximum absolute atomic E-state index is 11.5. The number of carbonyl (C=O) groups excluding carboxylic acids is 1. The van der Waals surface area contributed by atoms with Crippen molar-refractivity contribution < 1.29 is 9.53 Å². The highest BCUT2D eigenvalue weighted by atomic mass is 16.5. The van der Waals surface area contributed by atoms with Gasteiger partial charge >= 0.3 is 5.97 Å². The van der Waals surface area contributed by atoms with Crippen LogP contribution >= 0.6 is 0 Å². The number of carbonyl (C=O) groups is 1. The average Bonchev–Trinajstić information content (AvgIpc) is 2.74. The predicted octanol–water partition coefficient (Wildman–Crippen LogP) is 5.47. The smallest absolute Gasteiger partial charge is 0.306 e. The molecule has 0 radical (unpaired) electrons. The standard InChI is InChI=1S/C21H18N2O2.C2H6/c1-14(9-21(24)25-2)17-7-8-18-12-23-13-20(19(18)10-17)16-5-3-15(11-22)4-6-16;1-2/h3-8,10,12-14H,9H2,1-2H3;1-2H3. The van der Waals surface area contributed by atoms with E-state index in [2.05, 4.69) is 17.1 Å². The first-order valence-electron chi connectivity index (χ1n) is 9.07. The van der Waals surface area contributed by atoms with Gasteiger partial charge in [0.15, 0.2) is 0 Å². The Morgan fingerprint density at radius 2 is 1.85 bits per heavy atom. The van der Waals surface area contributed by atoms with E-state index < -0.39 is 0 Å². The van der Waals surface area contributed by atoms with Gasteiger partial charge in [0.05, 0.1) is 25.2 Å². The van der Waals surface area contributed by atoms with Gasteiger partial charge in [-0.1, -0.05) is 51.1 Å². The normalized spacial score (nSPS) is 11.1. The number of aromatic nitrogens is 1. The highest BCUT2D eigenvalue weighted by molar-refractivity contribution is 5.96.